The first-order chi connectivity index (χ1) is 23.1. The topological polar surface area (TPSA) is 102 Å². The molecule has 0 amide bonds. The number of carbonyl (C=O) groups is 3. The quantitative estimate of drug-likeness (QED) is 0.0291. The predicted octanol–water partition coefficient (Wildman–Crippen LogP) is 8.41. The molecule has 2 unspecified atom stereocenters. The first kappa shape index (κ1) is 45.8. The number of carbonyl (C=O) groups excluding carboxylic acids is 3. The molecular formula is C40H73NO7. The summed E-state index contributed by atoms with van der Waals surface area (Å²) in [6, 6.07) is -0.725. The zero-order chi connectivity index (χ0) is 35.7. The molecule has 8 heteroatoms. The molecule has 0 aromatic heterocycles. The van der Waals surface area contributed by atoms with E-state index in [0.717, 1.165) is 51.4 Å². The Morgan fingerprint density at radius 3 is 1.62 bits per heavy atom. The van der Waals surface area contributed by atoms with Crippen LogP contribution >= 0.6 is 0 Å². The summed E-state index contributed by atoms with van der Waals surface area (Å²) >= 11 is 0. The third-order valence-electron chi connectivity index (χ3n) is 8.62. The maximum Gasteiger partial charge on any atom is 0.306 e. The minimum absolute atomic E-state index is 0.0355. The molecule has 2 atom stereocenters. The van der Waals surface area contributed by atoms with Gasteiger partial charge in [-0.1, -0.05) is 134 Å². The van der Waals surface area contributed by atoms with Crippen LogP contribution in [0.25, 0.3) is 0 Å². The standard InChI is InChI=1S/C40H73NO7/c1-6-8-10-12-14-16-18-19-21-23-25-27-29-31-39(43)48-36(34-46-33-32-37(40(44)45)41(3,4)5)35-47-38(42)30-28-26-24-22-20-17-15-13-11-9-7-2/h13,15,17,20,36-37H,6-12,14,16,18-19,21-35H2,1-5H3/b15-13+,20-17+. The number of quaternary nitrogens is 1. The van der Waals surface area contributed by atoms with Crippen molar-refractivity contribution in [2.45, 2.75) is 174 Å². The highest BCUT2D eigenvalue weighted by Gasteiger charge is 2.25. The summed E-state index contributed by atoms with van der Waals surface area (Å²) in [6.07, 6.45) is 32.0. The van der Waals surface area contributed by atoms with Gasteiger partial charge in [-0.2, -0.15) is 0 Å². The summed E-state index contributed by atoms with van der Waals surface area (Å²) in [6.45, 7) is 4.57. The van der Waals surface area contributed by atoms with E-state index in [4.69, 9.17) is 14.2 Å². The molecule has 0 aliphatic heterocycles. The molecule has 0 N–H and O–H groups in total. The average molecular weight is 680 g/mol. The number of rotatable bonds is 34. The molecule has 0 radical (unpaired) electrons. The van der Waals surface area contributed by atoms with Gasteiger partial charge in [0.1, 0.15) is 12.6 Å². The number of likely N-dealkylation sites (N-methyl/N-ethyl adjacent to an activating group) is 1. The van der Waals surface area contributed by atoms with E-state index in [0.29, 0.717) is 12.8 Å². The molecule has 0 spiro atoms. The van der Waals surface area contributed by atoms with Gasteiger partial charge in [0, 0.05) is 19.3 Å². The van der Waals surface area contributed by atoms with Gasteiger partial charge in [-0.3, -0.25) is 9.59 Å². The lowest BCUT2D eigenvalue weighted by Crippen LogP contribution is -2.55. The maximum atomic E-state index is 12.6. The Balaban J connectivity index is 4.45. The van der Waals surface area contributed by atoms with Gasteiger partial charge in [0.15, 0.2) is 6.10 Å². The van der Waals surface area contributed by atoms with E-state index in [1.54, 1.807) is 21.1 Å². The van der Waals surface area contributed by atoms with Gasteiger partial charge in [-0.15, -0.1) is 0 Å². The van der Waals surface area contributed by atoms with E-state index < -0.39 is 18.1 Å². The molecule has 8 nitrogen and oxygen atoms in total. The van der Waals surface area contributed by atoms with Crippen LogP contribution in [-0.4, -0.2) is 75.5 Å². The molecule has 0 heterocycles. The van der Waals surface area contributed by atoms with Gasteiger partial charge in [0.05, 0.1) is 40.3 Å². The predicted molar refractivity (Wildman–Crippen MR) is 194 cm³/mol. The smallest absolute Gasteiger partial charge is 0.306 e. The van der Waals surface area contributed by atoms with Crippen molar-refractivity contribution in [2.75, 3.05) is 41.0 Å². The van der Waals surface area contributed by atoms with Gasteiger partial charge in [0.25, 0.3) is 0 Å². The Hall–Kier alpha value is -2.19. The van der Waals surface area contributed by atoms with Gasteiger partial charge < -0.3 is 28.6 Å². The molecule has 0 aliphatic carbocycles. The fourth-order valence-corrected chi connectivity index (χ4v) is 5.52. The average Bonchev–Trinajstić information content (AvgIpc) is 3.03. The summed E-state index contributed by atoms with van der Waals surface area (Å²) in [5, 5.41) is 11.6. The molecule has 0 saturated carbocycles. The number of esters is 2. The Kier molecular flexibility index (Phi) is 30.6. The van der Waals surface area contributed by atoms with E-state index in [1.165, 1.54) is 77.0 Å². The molecule has 0 aliphatic rings. The highest BCUT2D eigenvalue weighted by molar-refractivity contribution is 5.70. The molecule has 0 bridgehead atoms. The van der Waals surface area contributed by atoms with Crippen LogP contribution in [0.3, 0.4) is 0 Å². The molecular weight excluding hydrogens is 606 g/mol. The molecule has 280 valence electrons. The number of unbranched alkanes of at least 4 members (excludes halogenated alkanes) is 17. The number of ether oxygens (including phenoxy) is 3. The van der Waals surface area contributed by atoms with Crippen molar-refractivity contribution in [2.24, 2.45) is 0 Å². The lowest BCUT2D eigenvalue weighted by Gasteiger charge is -2.34. The van der Waals surface area contributed by atoms with E-state index in [2.05, 4.69) is 38.2 Å². The second kappa shape index (κ2) is 32.0. The first-order valence-electron chi connectivity index (χ1n) is 19.4. The van der Waals surface area contributed by atoms with Crippen LogP contribution in [0.1, 0.15) is 162 Å². The second-order valence-corrected chi connectivity index (χ2v) is 14.2. The fourth-order valence-electron chi connectivity index (χ4n) is 5.52. The molecule has 0 aromatic rings. The highest BCUT2D eigenvalue weighted by atomic mass is 16.6. The van der Waals surface area contributed by atoms with Crippen molar-refractivity contribution in [3.63, 3.8) is 0 Å². The van der Waals surface area contributed by atoms with Crippen LogP contribution < -0.4 is 5.11 Å². The first-order valence-corrected chi connectivity index (χ1v) is 19.4. The summed E-state index contributed by atoms with van der Waals surface area (Å²) in [5.41, 5.74) is 0. The van der Waals surface area contributed by atoms with Crippen LogP contribution in [-0.2, 0) is 28.6 Å². The molecule has 0 saturated heterocycles. The van der Waals surface area contributed by atoms with Gasteiger partial charge in [-0.25, -0.2) is 0 Å². The van der Waals surface area contributed by atoms with Crippen molar-refractivity contribution in [1.29, 1.82) is 0 Å². The Morgan fingerprint density at radius 1 is 0.625 bits per heavy atom. The van der Waals surface area contributed by atoms with Crippen LogP contribution in [0.5, 0.6) is 0 Å². The molecule has 0 fully saturated rings. The van der Waals surface area contributed by atoms with Crippen molar-refractivity contribution >= 4 is 17.9 Å². The van der Waals surface area contributed by atoms with E-state index in [-0.39, 0.29) is 42.7 Å². The number of aliphatic carboxylic acids is 1. The Bertz CT molecular complexity index is 849. The number of hydrogen-bond acceptors (Lipinski definition) is 7. The molecule has 48 heavy (non-hydrogen) atoms. The van der Waals surface area contributed by atoms with E-state index in [9.17, 15) is 19.5 Å². The SMILES string of the molecule is CCCC/C=C/C=C/CCCCCC(=O)OCC(COCCC(C(=O)[O-])[N+](C)(C)C)OC(=O)CCCCCCCCCCCCCCC. The number of allylic oxidation sites excluding steroid dienone is 4. The monoisotopic (exact) mass is 680 g/mol. The molecule has 0 rings (SSSR count). The third kappa shape index (κ3) is 29.9. The van der Waals surface area contributed by atoms with Crippen molar-refractivity contribution in [1.82, 2.24) is 0 Å². The lowest BCUT2D eigenvalue weighted by molar-refractivity contribution is -0.889. The lowest BCUT2D eigenvalue weighted by atomic mass is 10.0. The van der Waals surface area contributed by atoms with Crippen LogP contribution in [0.4, 0.5) is 0 Å². The van der Waals surface area contributed by atoms with Crippen molar-refractivity contribution in [3.05, 3.63) is 24.3 Å². The number of hydrogen-bond donors (Lipinski definition) is 0. The summed E-state index contributed by atoms with van der Waals surface area (Å²) in [5.74, 6) is -1.77. The third-order valence-corrected chi connectivity index (χ3v) is 8.62. The van der Waals surface area contributed by atoms with Gasteiger partial charge in [-0.05, 0) is 32.1 Å². The fraction of sp³-hybridized carbons (Fsp3) is 0.825. The van der Waals surface area contributed by atoms with Gasteiger partial charge in [0.2, 0.25) is 0 Å². The minimum Gasteiger partial charge on any atom is -0.544 e. The normalized spacial score (nSPS) is 13.3. The van der Waals surface area contributed by atoms with Crippen LogP contribution in [0.15, 0.2) is 24.3 Å². The van der Waals surface area contributed by atoms with E-state index >= 15 is 0 Å². The van der Waals surface area contributed by atoms with E-state index in [1.807, 2.05) is 0 Å². The number of carboxylic acids is 1. The Morgan fingerprint density at radius 2 is 1.10 bits per heavy atom. The maximum absolute atomic E-state index is 12.6. The molecule has 0 aromatic carbocycles. The zero-order valence-corrected chi connectivity index (χ0v) is 31.7. The number of carboxylic acid groups (broad SMARTS) is 1. The van der Waals surface area contributed by atoms with Gasteiger partial charge >= 0.3 is 11.9 Å². The Labute approximate surface area is 294 Å². The van der Waals surface area contributed by atoms with Crippen molar-refractivity contribution < 1.29 is 38.2 Å². The van der Waals surface area contributed by atoms with Crippen LogP contribution in [0.2, 0.25) is 0 Å². The van der Waals surface area contributed by atoms with Crippen LogP contribution in [0, 0.1) is 0 Å². The largest absolute Gasteiger partial charge is 0.544 e. The van der Waals surface area contributed by atoms with Crippen molar-refractivity contribution in [3.8, 4) is 0 Å². The zero-order valence-electron chi connectivity index (χ0n) is 31.7. The minimum atomic E-state index is -1.13. The summed E-state index contributed by atoms with van der Waals surface area (Å²) < 4.78 is 17.1. The summed E-state index contributed by atoms with van der Waals surface area (Å²) in [4.78, 5) is 36.6. The summed E-state index contributed by atoms with van der Waals surface area (Å²) in [7, 11) is 5.39. The highest BCUT2D eigenvalue weighted by Crippen LogP contribution is 2.14. The second-order valence-electron chi connectivity index (χ2n) is 14.2. The number of nitrogens with zero attached hydrogens (tertiary/aromatic N) is 1.